The van der Waals surface area contributed by atoms with Gasteiger partial charge in [-0.2, -0.15) is 5.10 Å². The lowest BCUT2D eigenvalue weighted by atomic mass is 10.1. The molecule has 0 radical (unpaired) electrons. The molecule has 1 fully saturated rings. The van der Waals surface area contributed by atoms with Crippen molar-refractivity contribution in [1.29, 1.82) is 0 Å². The molecular weight excluding hydrogens is 441 g/mol. The van der Waals surface area contributed by atoms with E-state index in [1.807, 2.05) is 16.9 Å². The maximum absolute atomic E-state index is 12.5. The van der Waals surface area contributed by atoms with Crippen LogP contribution in [-0.4, -0.2) is 39.2 Å². The van der Waals surface area contributed by atoms with Gasteiger partial charge in [0, 0.05) is 29.6 Å². The number of aromatic nitrogens is 4. The summed E-state index contributed by atoms with van der Waals surface area (Å²) in [5.74, 6) is -0.0163. The molecule has 3 aromatic heterocycles. The van der Waals surface area contributed by atoms with Gasteiger partial charge in [-0.1, -0.05) is 0 Å². The molecule has 0 atom stereocenters. The van der Waals surface area contributed by atoms with Gasteiger partial charge in [-0.3, -0.25) is 4.68 Å². The molecule has 11 heteroatoms. The first-order valence-corrected chi connectivity index (χ1v) is 10.8. The van der Waals surface area contributed by atoms with Crippen LogP contribution < -0.4 is 15.8 Å². The number of fused-ring (bicyclic) bond motifs is 1. The number of rotatable bonds is 4. The summed E-state index contributed by atoms with van der Waals surface area (Å²) < 4.78 is 44.3. The van der Waals surface area contributed by atoms with Gasteiger partial charge in [-0.25, -0.2) is 9.97 Å². The number of piperidine rings is 1. The number of nitrogens with zero attached hydrogens (tertiary/aromatic N) is 4. The zero-order chi connectivity index (χ0) is 22.3. The largest absolute Gasteiger partial charge is 0.573 e. The standard InChI is InChI=1S/C21H19F3N6OS/c22-21(23,24)31-15-1-2-18-17(8-15)29-20(32-18)16-7-12(9-27-19(16)25)13-10-28-30(11-13)14-3-5-26-6-4-14/h1-2,7-11,14,26H,3-6H2,(H2,25,27). The number of thiazole rings is 1. The summed E-state index contributed by atoms with van der Waals surface area (Å²) in [6, 6.07) is 6.33. The fourth-order valence-electron chi connectivity index (χ4n) is 3.78. The quantitative estimate of drug-likeness (QED) is 0.462. The van der Waals surface area contributed by atoms with Gasteiger partial charge in [0.05, 0.1) is 28.0 Å². The molecule has 3 N–H and O–H groups in total. The number of hydrogen-bond acceptors (Lipinski definition) is 7. The van der Waals surface area contributed by atoms with Crippen LogP contribution in [0.4, 0.5) is 19.0 Å². The summed E-state index contributed by atoms with van der Waals surface area (Å²) in [6.45, 7) is 1.95. The zero-order valence-corrected chi connectivity index (χ0v) is 17.6. The van der Waals surface area contributed by atoms with E-state index in [2.05, 4.69) is 25.1 Å². The Bertz CT molecular complexity index is 1260. The van der Waals surface area contributed by atoms with Crippen molar-refractivity contribution in [2.24, 2.45) is 0 Å². The van der Waals surface area contributed by atoms with Crippen molar-refractivity contribution in [3.63, 3.8) is 0 Å². The van der Waals surface area contributed by atoms with E-state index in [4.69, 9.17) is 5.73 Å². The molecule has 4 aromatic rings. The van der Waals surface area contributed by atoms with Gasteiger partial charge in [-0.15, -0.1) is 24.5 Å². The predicted molar refractivity (Wildman–Crippen MR) is 116 cm³/mol. The molecule has 4 heterocycles. The number of alkyl halides is 3. The Kier molecular flexibility index (Phi) is 5.22. The first-order valence-electron chi connectivity index (χ1n) is 10.0. The van der Waals surface area contributed by atoms with E-state index < -0.39 is 6.36 Å². The Morgan fingerprint density at radius 1 is 1.12 bits per heavy atom. The molecule has 0 unspecified atom stereocenters. The normalized spacial score (nSPS) is 15.3. The summed E-state index contributed by atoms with van der Waals surface area (Å²) >= 11 is 1.33. The van der Waals surface area contributed by atoms with Crippen LogP contribution in [0.15, 0.2) is 42.9 Å². The minimum Gasteiger partial charge on any atom is -0.406 e. The third-order valence-electron chi connectivity index (χ3n) is 5.36. The van der Waals surface area contributed by atoms with Crippen LogP contribution in [0.5, 0.6) is 5.75 Å². The van der Waals surface area contributed by atoms with Crippen molar-refractivity contribution in [3.8, 4) is 27.4 Å². The Hall–Kier alpha value is -3.18. The van der Waals surface area contributed by atoms with E-state index in [1.165, 1.54) is 23.5 Å². The van der Waals surface area contributed by atoms with Crippen LogP contribution in [0, 0.1) is 0 Å². The zero-order valence-electron chi connectivity index (χ0n) is 16.8. The molecule has 1 aliphatic heterocycles. The molecule has 1 saturated heterocycles. The molecule has 0 aliphatic carbocycles. The number of halogens is 3. The third-order valence-corrected chi connectivity index (χ3v) is 6.43. The summed E-state index contributed by atoms with van der Waals surface area (Å²) in [4.78, 5) is 8.79. The molecule has 1 aliphatic rings. The van der Waals surface area contributed by atoms with Crippen molar-refractivity contribution in [1.82, 2.24) is 25.1 Å². The highest BCUT2D eigenvalue weighted by atomic mass is 32.1. The fraction of sp³-hybridized carbons (Fsp3) is 0.286. The number of nitrogens with two attached hydrogens (primary N) is 1. The average Bonchev–Trinajstić information content (AvgIpc) is 3.41. The number of pyridine rings is 1. The third kappa shape index (κ3) is 4.26. The molecule has 7 nitrogen and oxygen atoms in total. The number of anilines is 1. The van der Waals surface area contributed by atoms with Gasteiger partial charge < -0.3 is 15.8 Å². The molecule has 166 valence electrons. The summed E-state index contributed by atoms with van der Waals surface area (Å²) in [6.07, 6.45) is 2.79. The molecule has 5 rings (SSSR count). The molecule has 0 amide bonds. The first kappa shape index (κ1) is 20.7. The van der Waals surface area contributed by atoms with Crippen LogP contribution in [0.1, 0.15) is 18.9 Å². The highest BCUT2D eigenvalue weighted by molar-refractivity contribution is 7.21. The predicted octanol–water partition coefficient (Wildman–Crippen LogP) is 4.63. The van der Waals surface area contributed by atoms with Gasteiger partial charge in [0.1, 0.15) is 16.6 Å². The van der Waals surface area contributed by atoms with Crippen molar-refractivity contribution in [2.45, 2.75) is 25.2 Å². The highest BCUT2D eigenvalue weighted by Gasteiger charge is 2.31. The minimum atomic E-state index is -4.76. The number of ether oxygens (including phenoxy) is 1. The Labute approximate surface area is 185 Å². The van der Waals surface area contributed by atoms with Crippen molar-refractivity contribution >= 4 is 27.4 Å². The molecule has 0 bridgehead atoms. The van der Waals surface area contributed by atoms with Crippen molar-refractivity contribution in [3.05, 3.63) is 42.9 Å². The van der Waals surface area contributed by atoms with Gasteiger partial charge in [0.15, 0.2) is 0 Å². The van der Waals surface area contributed by atoms with Gasteiger partial charge >= 0.3 is 6.36 Å². The van der Waals surface area contributed by atoms with Gasteiger partial charge in [0.25, 0.3) is 0 Å². The lowest BCUT2D eigenvalue weighted by Crippen LogP contribution is -2.29. The van der Waals surface area contributed by atoms with Crippen LogP contribution >= 0.6 is 11.3 Å². The minimum absolute atomic E-state index is 0.297. The van der Waals surface area contributed by atoms with E-state index >= 15 is 0 Å². The topological polar surface area (TPSA) is 90.9 Å². The summed E-state index contributed by atoms with van der Waals surface area (Å²) in [5, 5.41) is 8.44. The van der Waals surface area contributed by atoms with Crippen LogP contribution in [-0.2, 0) is 0 Å². The lowest BCUT2D eigenvalue weighted by Gasteiger charge is -2.22. The van der Waals surface area contributed by atoms with Crippen molar-refractivity contribution in [2.75, 3.05) is 18.8 Å². The molecule has 0 spiro atoms. The Morgan fingerprint density at radius 3 is 2.72 bits per heavy atom. The lowest BCUT2D eigenvalue weighted by molar-refractivity contribution is -0.274. The Morgan fingerprint density at radius 2 is 1.94 bits per heavy atom. The summed E-state index contributed by atoms with van der Waals surface area (Å²) in [5.41, 5.74) is 8.89. The van der Waals surface area contributed by atoms with E-state index in [0.717, 1.165) is 41.8 Å². The van der Waals surface area contributed by atoms with E-state index in [1.54, 1.807) is 18.5 Å². The number of nitrogen functional groups attached to an aromatic ring is 1. The maximum Gasteiger partial charge on any atom is 0.573 e. The second-order valence-electron chi connectivity index (χ2n) is 7.54. The van der Waals surface area contributed by atoms with E-state index in [9.17, 15) is 13.2 Å². The SMILES string of the molecule is Nc1ncc(-c2cnn(C3CCNCC3)c2)cc1-c1nc2cc(OC(F)(F)F)ccc2s1. The van der Waals surface area contributed by atoms with E-state index in [0.29, 0.717) is 27.9 Å². The van der Waals surface area contributed by atoms with E-state index in [-0.39, 0.29) is 5.75 Å². The van der Waals surface area contributed by atoms with Crippen LogP contribution in [0.2, 0.25) is 0 Å². The van der Waals surface area contributed by atoms with Gasteiger partial charge in [0.2, 0.25) is 0 Å². The van der Waals surface area contributed by atoms with Gasteiger partial charge in [-0.05, 0) is 44.1 Å². The fourth-order valence-corrected chi connectivity index (χ4v) is 4.75. The number of hydrogen-bond donors (Lipinski definition) is 2. The molecule has 1 aromatic carbocycles. The smallest absolute Gasteiger partial charge is 0.406 e. The molecular formula is C21H19F3N6OS. The van der Waals surface area contributed by atoms with Crippen LogP contribution in [0.25, 0.3) is 31.9 Å². The monoisotopic (exact) mass is 460 g/mol. The Balaban J connectivity index is 1.46. The van der Waals surface area contributed by atoms with Crippen LogP contribution in [0.3, 0.4) is 0 Å². The average molecular weight is 460 g/mol. The molecule has 32 heavy (non-hydrogen) atoms. The second-order valence-corrected chi connectivity index (χ2v) is 8.57. The maximum atomic E-state index is 12.5. The summed E-state index contributed by atoms with van der Waals surface area (Å²) in [7, 11) is 0. The number of benzene rings is 1. The molecule has 0 saturated carbocycles. The second kappa shape index (κ2) is 8.06. The number of nitrogens with one attached hydrogen (secondary N) is 1. The first-order chi connectivity index (χ1) is 15.4. The highest BCUT2D eigenvalue weighted by Crippen LogP contribution is 2.37. The van der Waals surface area contributed by atoms with Crippen molar-refractivity contribution < 1.29 is 17.9 Å².